The van der Waals surface area contributed by atoms with Crippen LogP contribution in [0.25, 0.3) is 10.2 Å². The molecule has 0 saturated carbocycles. The Morgan fingerprint density at radius 2 is 2.00 bits per heavy atom. The zero-order valence-corrected chi connectivity index (χ0v) is 12.9. The van der Waals surface area contributed by atoms with Gasteiger partial charge in [0, 0.05) is 19.7 Å². The third-order valence-electron chi connectivity index (χ3n) is 3.21. The van der Waals surface area contributed by atoms with E-state index in [1.54, 1.807) is 31.1 Å². The number of halogens is 1. The summed E-state index contributed by atoms with van der Waals surface area (Å²) < 4.78 is 14.9. The van der Waals surface area contributed by atoms with Crippen molar-refractivity contribution in [2.24, 2.45) is 0 Å². The number of carbonyl (C=O) groups excluding carboxylic acids is 1. The van der Waals surface area contributed by atoms with Crippen LogP contribution in [0.4, 0.5) is 15.2 Å². The van der Waals surface area contributed by atoms with Crippen molar-refractivity contribution in [3.63, 3.8) is 0 Å². The van der Waals surface area contributed by atoms with Crippen LogP contribution in [-0.2, 0) is 0 Å². The Balaban J connectivity index is 1.83. The Morgan fingerprint density at radius 1 is 1.23 bits per heavy atom. The van der Waals surface area contributed by atoms with Gasteiger partial charge in [-0.2, -0.15) is 0 Å². The summed E-state index contributed by atoms with van der Waals surface area (Å²) in [4.78, 5) is 18.2. The predicted molar refractivity (Wildman–Crippen MR) is 88.3 cm³/mol. The van der Waals surface area contributed by atoms with Gasteiger partial charge in [-0.15, -0.1) is 0 Å². The van der Waals surface area contributed by atoms with Crippen LogP contribution in [0.2, 0.25) is 0 Å². The molecule has 0 atom stereocenters. The molecule has 0 spiro atoms. The van der Waals surface area contributed by atoms with E-state index in [0.29, 0.717) is 10.8 Å². The number of amides is 1. The van der Waals surface area contributed by atoms with E-state index in [2.05, 4.69) is 10.3 Å². The fourth-order valence-electron chi connectivity index (χ4n) is 2.11. The molecule has 6 heteroatoms. The molecule has 0 aliphatic rings. The molecule has 0 bridgehead atoms. The number of thiazole rings is 1. The molecule has 0 fully saturated rings. The smallest absolute Gasteiger partial charge is 0.257 e. The molecule has 4 nitrogen and oxygen atoms in total. The second-order valence-electron chi connectivity index (χ2n) is 5.00. The third-order valence-corrected chi connectivity index (χ3v) is 4.16. The normalized spacial score (nSPS) is 10.7. The number of aromatic nitrogens is 1. The SMILES string of the molecule is CN(C)c1ccc(C(=O)Nc2nc3ccccc3s2)cc1F. The highest BCUT2D eigenvalue weighted by Gasteiger charge is 2.13. The number of hydrogen-bond donors (Lipinski definition) is 1. The van der Waals surface area contributed by atoms with Gasteiger partial charge < -0.3 is 4.90 Å². The minimum atomic E-state index is -0.429. The van der Waals surface area contributed by atoms with Crippen LogP contribution in [0.3, 0.4) is 0 Å². The molecule has 1 heterocycles. The van der Waals surface area contributed by atoms with Crippen molar-refractivity contribution in [3.8, 4) is 0 Å². The van der Waals surface area contributed by atoms with Crippen molar-refractivity contribution in [1.29, 1.82) is 0 Å². The highest BCUT2D eigenvalue weighted by Crippen LogP contribution is 2.26. The Hall–Kier alpha value is -2.47. The van der Waals surface area contributed by atoms with Gasteiger partial charge in [-0.3, -0.25) is 10.1 Å². The Morgan fingerprint density at radius 3 is 2.68 bits per heavy atom. The number of nitrogens with zero attached hydrogens (tertiary/aromatic N) is 2. The van der Waals surface area contributed by atoms with E-state index in [-0.39, 0.29) is 11.5 Å². The molecule has 0 radical (unpaired) electrons. The summed E-state index contributed by atoms with van der Waals surface area (Å²) in [5.74, 6) is -0.801. The van der Waals surface area contributed by atoms with Crippen molar-refractivity contribution in [2.45, 2.75) is 0 Å². The van der Waals surface area contributed by atoms with Crippen LogP contribution in [-0.4, -0.2) is 25.0 Å². The molecule has 1 N–H and O–H groups in total. The summed E-state index contributed by atoms with van der Waals surface area (Å²) in [7, 11) is 3.50. The molecule has 0 aliphatic heterocycles. The highest BCUT2D eigenvalue weighted by atomic mass is 32.1. The Labute approximate surface area is 131 Å². The fourth-order valence-corrected chi connectivity index (χ4v) is 2.97. The first kappa shape index (κ1) is 14.5. The maximum Gasteiger partial charge on any atom is 0.257 e. The quantitative estimate of drug-likeness (QED) is 0.800. The number of fused-ring (bicyclic) bond motifs is 1. The molecule has 0 unspecified atom stereocenters. The summed E-state index contributed by atoms with van der Waals surface area (Å²) in [6.45, 7) is 0. The van der Waals surface area contributed by atoms with E-state index in [4.69, 9.17) is 0 Å². The Kier molecular flexibility index (Phi) is 3.77. The van der Waals surface area contributed by atoms with Crippen LogP contribution >= 0.6 is 11.3 Å². The number of nitrogens with one attached hydrogen (secondary N) is 1. The van der Waals surface area contributed by atoms with Gasteiger partial charge in [0.2, 0.25) is 0 Å². The number of para-hydroxylation sites is 1. The topological polar surface area (TPSA) is 45.2 Å². The highest BCUT2D eigenvalue weighted by molar-refractivity contribution is 7.22. The van der Waals surface area contributed by atoms with Gasteiger partial charge >= 0.3 is 0 Å². The van der Waals surface area contributed by atoms with Crippen molar-refractivity contribution in [2.75, 3.05) is 24.3 Å². The summed E-state index contributed by atoms with van der Waals surface area (Å²) in [5, 5.41) is 3.21. The largest absolute Gasteiger partial charge is 0.375 e. The van der Waals surface area contributed by atoms with Crippen molar-refractivity contribution in [3.05, 3.63) is 53.8 Å². The van der Waals surface area contributed by atoms with Gasteiger partial charge in [0.15, 0.2) is 5.13 Å². The second-order valence-corrected chi connectivity index (χ2v) is 6.03. The van der Waals surface area contributed by atoms with E-state index >= 15 is 0 Å². The molecule has 3 rings (SSSR count). The van der Waals surface area contributed by atoms with Gasteiger partial charge in [0.1, 0.15) is 5.82 Å². The lowest BCUT2D eigenvalue weighted by molar-refractivity contribution is 0.102. The number of benzene rings is 2. The molecule has 3 aromatic rings. The average Bonchev–Trinajstić information content (AvgIpc) is 2.88. The number of hydrogen-bond acceptors (Lipinski definition) is 4. The lowest BCUT2D eigenvalue weighted by Gasteiger charge is -2.13. The fraction of sp³-hybridized carbons (Fsp3) is 0.125. The Bertz CT molecular complexity index is 811. The molecule has 112 valence electrons. The lowest BCUT2D eigenvalue weighted by Crippen LogP contribution is -2.14. The van der Waals surface area contributed by atoms with Gasteiger partial charge in [0.05, 0.1) is 15.9 Å². The van der Waals surface area contributed by atoms with Crippen molar-refractivity contribution in [1.82, 2.24) is 4.98 Å². The van der Waals surface area contributed by atoms with Gasteiger partial charge in [-0.25, -0.2) is 9.37 Å². The van der Waals surface area contributed by atoms with Crippen LogP contribution < -0.4 is 10.2 Å². The van der Waals surface area contributed by atoms with Crippen LogP contribution in [0.15, 0.2) is 42.5 Å². The van der Waals surface area contributed by atoms with Crippen LogP contribution in [0, 0.1) is 5.82 Å². The van der Waals surface area contributed by atoms with E-state index in [9.17, 15) is 9.18 Å². The number of anilines is 2. The van der Waals surface area contributed by atoms with E-state index in [0.717, 1.165) is 10.2 Å². The first-order valence-electron chi connectivity index (χ1n) is 6.68. The second kappa shape index (κ2) is 5.73. The zero-order valence-electron chi connectivity index (χ0n) is 12.1. The van der Waals surface area contributed by atoms with E-state index < -0.39 is 5.82 Å². The molecule has 1 aromatic heterocycles. The maximum atomic E-state index is 13.9. The molecule has 0 saturated heterocycles. The summed E-state index contributed by atoms with van der Waals surface area (Å²) in [6, 6.07) is 12.0. The first-order chi connectivity index (χ1) is 10.5. The molecular formula is C16H14FN3OS. The minimum Gasteiger partial charge on any atom is -0.375 e. The maximum absolute atomic E-state index is 13.9. The molecule has 1 amide bonds. The molecule has 22 heavy (non-hydrogen) atoms. The summed E-state index contributed by atoms with van der Waals surface area (Å²) in [6.07, 6.45) is 0. The predicted octanol–water partition coefficient (Wildman–Crippen LogP) is 3.75. The summed E-state index contributed by atoms with van der Waals surface area (Å²) in [5.41, 5.74) is 1.54. The standard InChI is InChI=1S/C16H14FN3OS/c1-20(2)13-8-7-10(9-11(13)17)15(21)19-16-18-12-5-3-4-6-14(12)22-16/h3-9H,1-2H3,(H,18,19,21). The van der Waals surface area contributed by atoms with Gasteiger partial charge in [0.25, 0.3) is 5.91 Å². The molecular weight excluding hydrogens is 301 g/mol. The first-order valence-corrected chi connectivity index (χ1v) is 7.50. The van der Waals surface area contributed by atoms with Gasteiger partial charge in [-0.05, 0) is 30.3 Å². The summed E-state index contributed by atoms with van der Waals surface area (Å²) >= 11 is 1.39. The van der Waals surface area contributed by atoms with Crippen LogP contribution in [0.5, 0.6) is 0 Å². The zero-order chi connectivity index (χ0) is 15.7. The van der Waals surface area contributed by atoms with Gasteiger partial charge in [-0.1, -0.05) is 23.5 Å². The molecule has 2 aromatic carbocycles. The number of carbonyl (C=O) groups is 1. The monoisotopic (exact) mass is 315 g/mol. The third kappa shape index (κ3) is 2.78. The average molecular weight is 315 g/mol. The van der Waals surface area contributed by atoms with Crippen molar-refractivity contribution >= 4 is 38.3 Å². The number of rotatable bonds is 3. The van der Waals surface area contributed by atoms with Crippen molar-refractivity contribution < 1.29 is 9.18 Å². The molecule has 0 aliphatic carbocycles. The van der Waals surface area contributed by atoms with Crippen LogP contribution in [0.1, 0.15) is 10.4 Å². The lowest BCUT2D eigenvalue weighted by atomic mass is 10.2. The van der Waals surface area contributed by atoms with E-state index in [1.807, 2.05) is 24.3 Å². The van der Waals surface area contributed by atoms with E-state index in [1.165, 1.54) is 17.4 Å². The minimum absolute atomic E-state index is 0.266.